The van der Waals surface area contributed by atoms with Crippen molar-refractivity contribution in [1.29, 1.82) is 0 Å². The molecule has 0 bridgehead atoms. The Bertz CT molecular complexity index is 369. The van der Waals surface area contributed by atoms with Gasteiger partial charge in [0.1, 0.15) is 0 Å². The highest BCUT2D eigenvalue weighted by Crippen LogP contribution is 2.17. The van der Waals surface area contributed by atoms with Crippen LogP contribution in [-0.2, 0) is 11.3 Å². The fourth-order valence-electron chi connectivity index (χ4n) is 2.39. The minimum absolute atomic E-state index is 0.265. The summed E-state index contributed by atoms with van der Waals surface area (Å²) >= 11 is 1.72. The fraction of sp³-hybridized carbons (Fsp3) is 0.643. The second-order valence-corrected chi connectivity index (χ2v) is 6.22. The van der Waals surface area contributed by atoms with E-state index in [-0.39, 0.29) is 11.9 Å². The fourth-order valence-corrected chi connectivity index (χ4v) is 3.09. The molecule has 1 aliphatic heterocycles. The number of rotatable bonds is 5. The first-order valence-electron chi connectivity index (χ1n) is 6.72. The van der Waals surface area contributed by atoms with Crippen molar-refractivity contribution in [1.82, 2.24) is 10.2 Å². The summed E-state index contributed by atoms with van der Waals surface area (Å²) < 4.78 is 0. The van der Waals surface area contributed by atoms with E-state index in [9.17, 15) is 4.79 Å². The Kier molecular flexibility index (Phi) is 4.78. The summed E-state index contributed by atoms with van der Waals surface area (Å²) in [5.74, 6) is 0.276. The zero-order chi connectivity index (χ0) is 13.0. The third-order valence-electron chi connectivity index (χ3n) is 3.43. The molecule has 1 aliphatic rings. The van der Waals surface area contributed by atoms with Crippen molar-refractivity contribution in [2.24, 2.45) is 0 Å². The lowest BCUT2D eigenvalue weighted by Gasteiger charge is -2.27. The number of nitrogens with zero attached hydrogens (tertiary/aromatic N) is 1. The summed E-state index contributed by atoms with van der Waals surface area (Å²) in [5, 5.41) is 5.46. The van der Waals surface area contributed by atoms with E-state index in [0.717, 1.165) is 19.5 Å². The standard InChI is InChI=1S/C14H22N2OS/c1-11(2)16(10-13-6-4-8-18-13)14(17)9-12-5-3-7-15-12/h4,6,8,11-12,15H,3,5,7,9-10H2,1-2H3. The lowest BCUT2D eigenvalue weighted by molar-refractivity contribution is -0.134. The predicted molar refractivity (Wildman–Crippen MR) is 75.6 cm³/mol. The molecule has 18 heavy (non-hydrogen) atoms. The van der Waals surface area contributed by atoms with Crippen molar-refractivity contribution in [3.63, 3.8) is 0 Å². The van der Waals surface area contributed by atoms with E-state index in [4.69, 9.17) is 0 Å². The molecule has 1 aromatic rings. The molecule has 1 amide bonds. The largest absolute Gasteiger partial charge is 0.335 e. The van der Waals surface area contributed by atoms with E-state index in [1.807, 2.05) is 11.0 Å². The summed E-state index contributed by atoms with van der Waals surface area (Å²) in [6.45, 7) is 5.99. The van der Waals surface area contributed by atoms with Gasteiger partial charge in [0.25, 0.3) is 0 Å². The highest BCUT2D eigenvalue weighted by molar-refractivity contribution is 7.09. The molecule has 1 unspecified atom stereocenters. The third-order valence-corrected chi connectivity index (χ3v) is 4.29. The van der Waals surface area contributed by atoms with E-state index in [1.165, 1.54) is 11.3 Å². The third kappa shape index (κ3) is 3.56. The first-order valence-corrected chi connectivity index (χ1v) is 7.60. The maximum absolute atomic E-state index is 12.4. The molecular formula is C14H22N2OS. The number of carbonyl (C=O) groups is 1. The van der Waals surface area contributed by atoms with Crippen molar-refractivity contribution in [2.45, 2.75) is 51.7 Å². The molecule has 1 N–H and O–H groups in total. The Labute approximate surface area is 113 Å². The second-order valence-electron chi connectivity index (χ2n) is 5.19. The van der Waals surface area contributed by atoms with Crippen molar-refractivity contribution in [2.75, 3.05) is 6.54 Å². The maximum Gasteiger partial charge on any atom is 0.224 e. The van der Waals surface area contributed by atoms with Gasteiger partial charge in [-0.1, -0.05) is 6.07 Å². The van der Waals surface area contributed by atoms with Crippen LogP contribution in [-0.4, -0.2) is 29.4 Å². The molecular weight excluding hydrogens is 244 g/mol. The van der Waals surface area contributed by atoms with E-state index in [2.05, 4.69) is 30.6 Å². The minimum atomic E-state index is 0.265. The zero-order valence-corrected chi connectivity index (χ0v) is 12.0. The number of hydrogen-bond acceptors (Lipinski definition) is 3. The van der Waals surface area contributed by atoms with Gasteiger partial charge < -0.3 is 10.2 Å². The van der Waals surface area contributed by atoms with Gasteiger partial charge in [-0.2, -0.15) is 0 Å². The Morgan fingerprint density at radius 2 is 2.44 bits per heavy atom. The lowest BCUT2D eigenvalue weighted by atomic mass is 10.1. The second kappa shape index (κ2) is 6.34. The van der Waals surface area contributed by atoms with Crippen LogP contribution in [0.3, 0.4) is 0 Å². The molecule has 2 rings (SSSR count). The van der Waals surface area contributed by atoms with Gasteiger partial charge in [0, 0.05) is 23.4 Å². The molecule has 1 aromatic heterocycles. The van der Waals surface area contributed by atoms with Crippen LogP contribution in [0.5, 0.6) is 0 Å². The number of thiophene rings is 1. The normalized spacial score (nSPS) is 19.4. The van der Waals surface area contributed by atoms with Crippen LogP contribution < -0.4 is 5.32 Å². The molecule has 0 aromatic carbocycles. The molecule has 1 atom stereocenters. The lowest BCUT2D eigenvalue weighted by Crippen LogP contribution is -2.39. The maximum atomic E-state index is 12.4. The molecule has 2 heterocycles. The molecule has 1 fully saturated rings. The number of nitrogens with one attached hydrogen (secondary N) is 1. The quantitative estimate of drug-likeness (QED) is 0.888. The summed E-state index contributed by atoms with van der Waals surface area (Å²) in [5.41, 5.74) is 0. The van der Waals surface area contributed by atoms with Crippen molar-refractivity contribution < 1.29 is 4.79 Å². The van der Waals surface area contributed by atoms with Gasteiger partial charge in [-0.25, -0.2) is 0 Å². The predicted octanol–water partition coefficient (Wildman–Crippen LogP) is 2.63. The Morgan fingerprint density at radius 1 is 1.61 bits per heavy atom. The van der Waals surface area contributed by atoms with Crippen LogP contribution in [0.2, 0.25) is 0 Å². The summed E-state index contributed by atoms with van der Waals surface area (Å²) in [7, 11) is 0. The molecule has 0 spiro atoms. The SMILES string of the molecule is CC(C)N(Cc1cccs1)C(=O)CC1CCCN1. The summed E-state index contributed by atoms with van der Waals surface area (Å²) in [6.07, 6.45) is 2.98. The Balaban J connectivity index is 1.93. The van der Waals surface area contributed by atoms with Crippen LogP contribution in [0.25, 0.3) is 0 Å². The molecule has 0 radical (unpaired) electrons. The highest BCUT2D eigenvalue weighted by Gasteiger charge is 2.23. The first-order chi connectivity index (χ1) is 8.66. The Morgan fingerprint density at radius 3 is 3.00 bits per heavy atom. The Hall–Kier alpha value is -0.870. The van der Waals surface area contributed by atoms with Gasteiger partial charge >= 0.3 is 0 Å². The van der Waals surface area contributed by atoms with Gasteiger partial charge in [-0.15, -0.1) is 11.3 Å². The van der Waals surface area contributed by atoms with Crippen molar-refractivity contribution in [3.05, 3.63) is 22.4 Å². The number of carbonyl (C=O) groups excluding carboxylic acids is 1. The average molecular weight is 266 g/mol. The van der Waals surface area contributed by atoms with Crippen LogP contribution in [0.4, 0.5) is 0 Å². The molecule has 1 saturated heterocycles. The van der Waals surface area contributed by atoms with Gasteiger partial charge in [0.2, 0.25) is 5.91 Å². The highest BCUT2D eigenvalue weighted by atomic mass is 32.1. The van der Waals surface area contributed by atoms with Crippen LogP contribution >= 0.6 is 11.3 Å². The molecule has 0 aliphatic carbocycles. The van der Waals surface area contributed by atoms with Crippen LogP contribution in [0.15, 0.2) is 17.5 Å². The minimum Gasteiger partial charge on any atom is -0.335 e. The number of amides is 1. The van der Waals surface area contributed by atoms with Gasteiger partial charge in [-0.05, 0) is 44.7 Å². The molecule has 100 valence electrons. The monoisotopic (exact) mass is 266 g/mol. The topological polar surface area (TPSA) is 32.3 Å². The van der Waals surface area contributed by atoms with Crippen molar-refractivity contribution >= 4 is 17.2 Å². The zero-order valence-electron chi connectivity index (χ0n) is 11.2. The van der Waals surface area contributed by atoms with Gasteiger partial charge in [-0.3, -0.25) is 4.79 Å². The number of hydrogen-bond donors (Lipinski definition) is 1. The summed E-state index contributed by atoms with van der Waals surface area (Å²) in [4.78, 5) is 15.6. The van der Waals surface area contributed by atoms with Gasteiger partial charge in [0.15, 0.2) is 0 Å². The van der Waals surface area contributed by atoms with Crippen LogP contribution in [0, 0.1) is 0 Å². The van der Waals surface area contributed by atoms with Gasteiger partial charge in [0.05, 0.1) is 6.54 Å². The van der Waals surface area contributed by atoms with E-state index in [0.29, 0.717) is 12.5 Å². The van der Waals surface area contributed by atoms with E-state index >= 15 is 0 Å². The molecule has 0 saturated carbocycles. The van der Waals surface area contributed by atoms with Crippen molar-refractivity contribution in [3.8, 4) is 0 Å². The first kappa shape index (κ1) is 13.6. The smallest absolute Gasteiger partial charge is 0.224 e. The van der Waals surface area contributed by atoms with E-state index in [1.54, 1.807) is 11.3 Å². The van der Waals surface area contributed by atoms with E-state index < -0.39 is 0 Å². The molecule has 3 nitrogen and oxygen atoms in total. The molecule has 4 heteroatoms. The van der Waals surface area contributed by atoms with Crippen LogP contribution in [0.1, 0.15) is 38.0 Å². The summed E-state index contributed by atoms with van der Waals surface area (Å²) in [6, 6.07) is 4.80. The average Bonchev–Trinajstić information content (AvgIpc) is 2.97.